The predicted molar refractivity (Wildman–Crippen MR) is 73.1 cm³/mol. The molecule has 2 atom stereocenters. The molecule has 1 amide bonds. The maximum Gasteiger partial charge on any atom is 0.314 e. The van der Waals surface area contributed by atoms with Crippen LogP contribution < -0.4 is 0 Å². The molecule has 1 aromatic rings. The van der Waals surface area contributed by atoms with E-state index in [1.807, 2.05) is 0 Å². The smallest absolute Gasteiger partial charge is 0.314 e. The molecule has 1 heterocycles. The van der Waals surface area contributed by atoms with Crippen LogP contribution in [0.25, 0.3) is 0 Å². The van der Waals surface area contributed by atoms with Gasteiger partial charge in [0.25, 0.3) is 0 Å². The Labute approximate surface area is 122 Å². The van der Waals surface area contributed by atoms with Gasteiger partial charge in [-0.3, -0.25) is 9.59 Å². The van der Waals surface area contributed by atoms with Crippen molar-refractivity contribution in [1.82, 2.24) is 4.90 Å². The van der Waals surface area contributed by atoms with E-state index >= 15 is 0 Å². The molecule has 5 nitrogen and oxygen atoms in total. The Morgan fingerprint density at radius 1 is 1.38 bits per heavy atom. The second kappa shape index (κ2) is 5.81. The zero-order valence-electron chi connectivity index (χ0n) is 11.8. The maximum atomic E-state index is 12.9. The Bertz CT molecular complexity index is 545. The molecule has 21 heavy (non-hydrogen) atoms. The van der Waals surface area contributed by atoms with E-state index in [-0.39, 0.29) is 25.3 Å². The molecule has 0 aromatic heterocycles. The topological polar surface area (TPSA) is 77.8 Å². The van der Waals surface area contributed by atoms with E-state index in [4.69, 9.17) is 0 Å². The zero-order valence-corrected chi connectivity index (χ0v) is 11.8. The maximum absolute atomic E-state index is 12.9. The number of aliphatic hydroxyl groups is 1. The predicted octanol–water partition coefficient (Wildman–Crippen LogP) is 1.05. The van der Waals surface area contributed by atoms with Crippen LogP contribution in [0.15, 0.2) is 24.3 Å². The van der Waals surface area contributed by atoms with Crippen molar-refractivity contribution in [1.29, 1.82) is 0 Å². The van der Waals surface area contributed by atoms with Crippen LogP contribution in [0.4, 0.5) is 4.39 Å². The normalized spacial score (nSPS) is 25.7. The van der Waals surface area contributed by atoms with E-state index in [2.05, 4.69) is 0 Å². The van der Waals surface area contributed by atoms with Gasteiger partial charge in [0.15, 0.2) is 0 Å². The molecule has 2 rings (SSSR count). The van der Waals surface area contributed by atoms with Crippen molar-refractivity contribution in [3.8, 4) is 0 Å². The standard InChI is InChI=1S/C15H18FNO4/c1-10(18)17-7-6-13(19)15(9-17,14(20)21)8-11-2-4-12(16)5-3-11/h2-5,13,19H,6-9H2,1H3,(H,20,21)/t13-,15+/m0/s1. The Balaban J connectivity index is 2.32. The highest BCUT2D eigenvalue weighted by molar-refractivity contribution is 5.79. The summed E-state index contributed by atoms with van der Waals surface area (Å²) in [5.41, 5.74) is -0.842. The van der Waals surface area contributed by atoms with Crippen LogP contribution in [0.2, 0.25) is 0 Å². The molecule has 0 unspecified atom stereocenters. The number of hydrogen-bond donors (Lipinski definition) is 2. The van der Waals surface area contributed by atoms with Crippen molar-refractivity contribution in [3.63, 3.8) is 0 Å². The molecule has 0 aliphatic carbocycles. The first-order valence-electron chi connectivity index (χ1n) is 6.76. The van der Waals surface area contributed by atoms with Crippen LogP contribution in [0.3, 0.4) is 0 Å². The summed E-state index contributed by atoms with van der Waals surface area (Å²) >= 11 is 0. The van der Waals surface area contributed by atoms with Gasteiger partial charge in [-0.15, -0.1) is 0 Å². The third-order valence-corrected chi connectivity index (χ3v) is 4.09. The SMILES string of the molecule is CC(=O)N1CC[C@H](O)[C@](Cc2ccc(F)cc2)(C(=O)O)C1. The number of aliphatic hydroxyl groups excluding tert-OH is 1. The van der Waals surface area contributed by atoms with Gasteiger partial charge in [0.1, 0.15) is 11.2 Å². The van der Waals surface area contributed by atoms with Crippen molar-refractivity contribution < 1.29 is 24.2 Å². The summed E-state index contributed by atoms with van der Waals surface area (Å²) < 4.78 is 12.9. The van der Waals surface area contributed by atoms with Crippen LogP contribution >= 0.6 is 0 Å². The number of piperidine rings is 1. The summed E-state index contributed by atoms with van der Waals surface area (Å²) in [4.78, 5) is 24.7. The number of carbonyl (C=O) groups is 2. The molecule has 6 heteroatoms. The Morgan fingerprint density at radius 3 is 2.52 bits per heavy atom. The quantitative estimate of drug-likeness (QED) is 0.874. The van der Waals surface area contributed by atoms with Gasteiger partial charge in [0.05, 0.1) is 6.10 Å². The highest BCUT2D eigenvalue weighted by atomic mass is 19.1. The van der Waals surface area contributed by atoms with Crippen molar-refractivity contribution >= 4 is 11.9 Å². The molecular weight excluding hydrogens is 277 g/mol. The van der Waals surface area contributed by atoms with Gasteiger partial charge in [0.2, 0.25) is 5.91 Å². The van der Waals surface area contributed by atoms with Crippen molar-refractivity contribution in [3.05, 3.63) is 35.6 Å². The molecule has 1 aromatic carbocycles. The largest absolute Gasteiger partial charge is 0.481 e. The van der Waals surface area contributed by atoms with Crippen LogP contribution in [0.1, 0.15) is 18.9 Å². The van der Waals surface area contributed by atoms with Gasteiger partial charge < -0.3 is 15.1 Å². The van der Waals surface area contributed by atoms with Gasteiger partial charge in [0, 0.05) is 20.0 Å². The van der Waals surface area contributed by atoms with E-state index in [1.165, 1.54) is 36.1 Å². The van der Waals surface area contributed by atoms with Crippen LogP contribution in [-0.2, 0) is 16.0 Å². The minimum atomic E-state index is -1.46. The van der Waals surface area contributed by atoms with Crippen molar-refractivity contribution in [2.24, 2.45) is 5.41 Å². The van der Waals surface area contributed by atoms with Gasteiger partial charge in [-0.2, -0.15) is 0 Å². The van der Waals surface area contributed by atoms with E-state index in [0.717, 1.165) is 0 Å². The lowest BCUT2D eigenvalue weighted by atomic mass is 9.73. The number of nitrogens with zero attached hydrogens (tertiary/aromatic N) is 1. The lowest BCUT2D eigenvalue weighted by Crippen LogP contribution is -2.58. The lowest BCUT2D eigenvalue weighted by Gasteiger charge is -2.43. The third kappa shape index (κ3) is 3.05. The molecule has 1 aliphatic rings. The second-order valence-electron chi connectivity index (χ2n) is 5.51. The first-order chi connectivity index (χ1) is 9.85. The minimum Gasteiger partial charge on any atom is -0.481 e. The number of aliphatic carboxylic acids is 1. The molecule has 2 N–H and O–H groups in total. The fourth-order valence-electron chi connectivity index (χ4n) is 2.77. The highest BCUT2D eigenvalue weighted by Crippen LogP contribution is 2.34. The summed E-state index contributed by atoms with van der Waals surface area (Å²) in [6.07, 6.45) is -0.781. The minimum absolute atomic E-state index is 0.0454. The fraction of sp³-hybridized carbons (Fsp3) is 0.467. The highest BCUT2D eigenvalue weighted by Gasteiger charge is 2.49. The Kier molecular flexibility index (Phi) is 4.27. The van der Waals surface area contributed by atoms with E-state index in [0.29, 0.717) is 12.1 Å². The number of likely N-dealkylation sites (tertiary alicyclic amines) is 1. The summed E-state index contributed by atoms with van der Waals surface area (Å²) in [7, 11) is 0. The van der Waals surface area contributed by atoms with Crippen LogP contribution in [-0.4, -0.2) is 46.2 Å². The number of hydrogen-bond acceptors (Lipinski definition) is 3. The average Bonchev–Trinajstić information content (AvgIpc) is 2.43. The number of carboxylic acids is 1. The van der Waals surface area contributed by atoms with Gasteiger partial charge in [-0.25, -0.2) is 4.39 Å². The van der Waals surface area contributed by atoms with E-state index in [9.17, 15) is 24.2 Å². The van der Waals surface area contributed by atoms with Gasteiger partial charge in [-0.1, -0.05) is 12.1 Å². The molecule has 0 saturated carbocycles. The third-order valence-electron chi connectivity index (χ3n) is 4.09. The first kappa shape index (κ1) is 15.4. The van der Waals surface area contributed by atoms with Crippen LogP contribution in [0.5, 0.6) is 0 Å². The monoisotopic (exact) mass is 295 g/mol. The summed E-state index contributed by atoms with van der Waals surface area (Å²) in [6.45, 7) is 1.67. The lowest BCUT2D eigenvalue weighted by molar-refractivity contribution is -0.165. The Morgan fingerprint density at radius 2 is 2.00 bits per heavy atom. The summed E-state index contributed by atoms with van der Waals surface area (Å²) in [6, 6.07) is 5.50. The second-order valence-corrected chi connectivity index (χ2v) is 5.51. The molecular formula is C15H18FNO4. The van der Waals surface area contributed by atoms with Crippen molar-refractivity contribution in [2.45, 2.75) is 25.9 Å². The number of carbonyl (C=O) groups excluding carboxylic acids is 1. The molecule has 0 spiro atoms. The molecule has 0 radical (unpaired) electrons. The van der Waals surface area contributed by atoms with E-state index < -0.39 is 23.3 Å². The molecule has 114 valence electrons. The summed E-state index contributed by atoms with van der Waals surface area (Å²) in [5, 5.41) is 19.8. The number of rotatable bonds is 3. The Hall–Kier alpha value is -1.95. The number of benzene rings is 1. The van der Waals surface area contributed by atoms with Gasteiger partial charge in [-0.05, 0) is 30.5 Å². The first-order valence-corrected chi connectivity index (χ1v) is 6.76. The molecule has 1 saturated heterocycles. The number of halogens is 1. The molecule has 0 bridgehead atoms. The molecule has 1 fully saturated rings. The van der Waals surface area contributed by atoms with Gasteiger partial charge >= 0.3 is 5.97 Å². The average molecular weight is 295 g/mol. The fourth-order valence-corrected chi connectivity index (χ4v) is 2.77. The van der Waals surface area contributed by atoms with Crippen molar-refractivity contribution in [2.75, 3.05) is 13.1 Å². The number of carboxylic acid groups (broad SMARTS) is 1. The zero-order chi connectivity index (χ0) is 15.6. The number of amides is 1. The summed E-state index contributed by atoms with van der Waals surface area (Å²) in [5.74, 6) is -1.77. The van der Waals surface area contributed by atoms with Crippen LogP contribution in [0, 0.1) is 11.2 Å². The van der Waals surface area contributed by atoms with E-state index in [1.54, 1.807) is 0 Å². The molecule has 1 aliphatic heterocycles.